The molecule has 2 aromatic carbocycles. The number of aryl methyl sites for hydroxylation is 2. The predicted molar refractivity (Wildman–Crippen MR) is 84.4 cm³/mol. The largest absolute Gasteiger partial charge is 0.376 e. The Labute approximate surface area is 128 Å². The van der Waals surface area contributed by atoms with Gasteiger partial charge in [-0.2, -0.15) is 0 Å². The normalized spacial score (nSPS) is 12.3. The number of rotatable bonds is 3. The molecule has 0 aromatic heterocycles. The van der Waals surface area contributed by atoms with Gasteiger partial charge in [0.05, 0.1) is 15.7 Å². The number of hydrogen-bond acceptors (Lipinski definition) is 1. The van der Waals surface area contributed by atoms with Gasteiger partial charge in [-0.3, -0.25) is 0 Å². The minimum absolute atomic E-state index is 0.0241. The highest BCUT2D eigenvalue weighted by molar-refractivity contribution is 6.39. The van der Waals surface area contributed by atoms with Gasteiger partial charge in [0.1, 0.15) is 5.82 Å². The molecule has 0 saturated heterocycles. The highest BCUT2D eigenvalue weighted by Crippen LogP contribution is 2.34. The van der Waals surface area contributed by atoms with Crippen molar-refractivity contribution in [1.82, 2.24) is 0 Å². The molecule has 1 unspecified atom stereocenters. The molecule has 106 valence electrons. The summed E-state index contributed by atoms with van der Waals surface area (Å²) in [6.45, 7) is 6.14. The van der Waals surface area contributed by atoms with Gasteiger partial charge in [-0.25, -0.2) is 4.39 Å². The van der Waals surface area contributed by atoms with E-state index in [2.05, 4.69) is 37.4 Å². The molecule has 2 aromatic rings. The minimum Gasteiger partial charge on any atom is -0.376 e. The third-order valence-electron chi connectivity index (χ3n) is 3.26. The Bertz CT molecular complexity index is 617. The maximum absolute atomic E-state index is 13.2. The Morgan fingerprint density at radius 1 is 1.05 bits per heavy atom. The monoisotopic (exact) mass is 311 g/mol. The zero-order valence-electron chi connectivity index (χ0n) is 11.6. The fraction of sp³-hybridized carbons (Fsp3) is 0.250. The van der Waals surface area contributed by atoms with E-state index >= 15 is 0 Å². The van der Waals surface area contributed by atoms with Gasteiger partial charge in [-0.1, -0.05) is 47.0 Å². The van der Waals surface area contributed by atoms with Crippen molar-refractivity contribution in [2.45, 2.75) is 26.8 Å². The lowest BCUT2D eigenvalue weighted by Crippen LogP contribution is -2.09. The van der Waals surface area contributed by atoms with Crippen LogP contribution in [0.5, 0.6) is 0 Å². The molecule has 0 aliphatic carbocycles. The molecule has 0 amide bonds. The Kier molecular flexibility index (Phi) is 4.56. The highest BCUT2D eigenvalue weighted by Gasteiger charge is 2.13. The van der Waals surface area contributed by atoms with Gasteiger partial charge < -0.3 is 5.32 Å². The van der Waals surface area contributed by atoms with Crippen molar-refractivity contribution in [3.63, 3.8) is 0 Å². The lowest BCUT2D eigenvalue weighted by atomic mass is 10.00. The first-order chi connectivity index (χ1) is 9.38. The second-order valence-electron chi connectivity index (χ2n) is 4.97. The van der Waals surface area contributed by atoms with Crippen LogP contribution in [0.1, 0.15) is 29.7 Å². The van der Waals surface area contributed by atoms with Gasteiger partial charge in [-0.05, 0) is 44.0 Å². The minimum atomic E-state index is -0.440. The zero-order valence-corrected chi connectivity index (χ0v) is 13.1. The van der Waals surface area contributed by atoms with E-state index in [0.29, 0.717) is 5.69 Å². The van der Waals surface area contributed by atoms with Gasteiger partial charge in [0, 0.05) is 6.04 Å². The van der Waals surface area contributed by atoms with Crippen LogP contribution < -0.4 is 5.32 Å². The molecule has 1 atom stereocenters. The molecule has 0 aliphatic heterocycles. The van der Waals surface area contributed by atoms with E-state index in [1.165, 1.54) is 23.3 Å². The summed E-state index contributed by atoms with van der Waals surface area (Å²) >= 11 is 12.1. The molecule has 0 heterocycles. The average molecular weight is 312 g/mol. The first-order valence-electron chi connectivity index (χ1n) is 6.36. The Morgan fingerprint density at radius 2 is 1.65 bits per heavy atom. The fourth-order valence-electron chi connectivity index (χ4n) is 2.29. The summed E-state index contributed by atoms with van der Waals surface area (Å²) in [5.74, 6) is -0.440. The van der Waals surface area contributed by atoms with E-state index in [9.17, 15) is 4.39 Å². The Morgan fingerprint density at radius 3 is 2.20 bits per heavy atom. The van der Waals surface area contributed by atoms with E-state index in [1.807, 2.05) is 6.92 Å². The van der Waals surface area contributed by atoms with E-state index in [0.717, 1.165) is 5.56 Å². The summed E-state index contributed by atoms with van der Waals surface area (Å²) in [4.78, 5) is 0. The van der Waals surface area contributed by atoms with Crippen LogP contribution in [0.15, 0.2) is 30.3 Å². The molecule has 2 rings (SSSR count). The van der Waals surface area contributed by atoms with Crippen molar-refractivity contribution in [1.29, 1.82) is 0 Å². The lowest BCUT2D eigenvalue weighted by Gasteiger charge is -2.20. The summed E-state index contributed by atoms with van der Waals surface area (Å²) in [5.41, 5.74) is 4.13. The lowest BCUT2D eigenvalue weighted by molar-refractivity contribution is 0.628. The first-order valence-corrected chi connectivity index (χ1v) is 7.12. The van der Waals surface area contributed by atoms with Crippen molar-refractivity contribution in [3.8, 4) is 0 Å². The van der Waals surface area contributed by atoms with Crippen molar-refractivity contribution in [2.75, 3.05) is 5.32 Å². The average Bonchev–Trinajstić information content (AvgIpc) is 2.33. The Hall–Kier alpha value is -1.25. The molecule has 0 saturated carbocycles. The van der Waals surface area contributed by atoms with Gasteiger partial charge >= 0.3 is 0 Å². The second kappa shape index (κ2) is 6.02. The molecule has 20 heavy (non-hydrogen) atoms. The topological polar surface area (TPSA) is 12.0 Å². The number of hydrogen-bond donors (Lipinski definition) is 1. The summed E-state index contributed by atoms with van der Waals surface area (Å²) in [6.07, 6.45) is 0. The van der Waals surface area contributed by atoms with Crippen LogP contribution in [0.3, 0.4) is 0 Å². The van der Waals surface area contributed by atoms with Crippen molar-refractivity contribution in [2.24, 2.45) is 0 Å². The quantitative estimate of drug-likeness (QED) is 0.741. The van der Waals surface area contributed by atoms with E-state index in [-0.39, 0.29) is 16.1 Å². The zero-order chi connectivity index (χ0) is 14.9. The molecule has 0 radical (unpaired) electrons. The third kappa shape index (κ3) is 3.25. The van der Waals surface area contributed by atoms with Crippen LogP contribution in [0, 0.1) is 19.7 Å². The molecular formula is C16H16Cl2FN. The number of halogens is 3. The molecule has 0 bridgehead atoms. The fourth-order valence-corrected chi connectivity index (χ4v) is 2.86. The van der Waals surface area contributed by atoms with Gasteiger partial charge in [0.25, 0.3) is 0 Å². The maximum Gasteiger partial charge on any atom is 0.126 e. The van der Waals surface area contributed by atoms with Crippen molar-refractivity contribution in [3.05, 3.63) is 62.9 Å². The second-order valence-corrected chi connectivity index (χ2v) is 5.78. The van der Waals surface area contributed by atoms with Gasteiger partial charge in [0.15, 0.2) is 0 Å². The summed E-state index contributed by atoms with van der Waals surface area (Å²) in [6, 6.07) is 8.80. The Balaban J connectivity index is 2.30. The van der Waals surface area contributed by atoms with Crippen LogP contribution in [0.2, 0.25) is 10.0 Å². The van der Waals surface area contributed by atoms with Gasteiger partial charge in [-0.15, -0.1) is 0 Å². The summed E-state index contributed by atoms with van der Waals surface area (Å²) < 4.78 is 13.2. The summed E-state index contributed by atoms with van der Waals surface area (Å²) in [5, 5.41) is 3.82. The number of benzene rings is 2. The molecular weight excluding hydrogens is 296 g/mol. The maximum atomic E-state index is 13.2. The molecule has 4 heteroatoms. The van der Waals surface area contributed by atoms with Crippen molar-refractivity contribution < 1.29 is 4.39 Å². The number of nitrogens with one attached hydrogen (secondary N) is 1. The standard InChI is InChI=1S/C16H16Cl2FN/c1-9-4-5-13(10(2)6-9)11(3)20-16-14(17)7-12(19)8-15(16)18/h4-8,11,20H,1-3H3. The van der Waals surface area contributed by atoms with Crippen LogP contribution in [0.25, 0.3) is 0 Å². The van der Waals surface area contributed by atoms with Crippen LogP contribution in [-0.4, -0.2) is 0 Å². The van der Waals surface area contributed by atoms with Crippen LogP contribution in [0.4, 0.5) is 10.1 Å². The smallest absolute Gasteiger partial charge is 0.126 e. The molecule has 1 N–H and O–H groups in total. The van der Waals surface area contributed by atoms with Crippen LogP contribution in [-0.2, 0) is 0 Å². The third-order valence-corrected chi connectivity index (χ3v) is 3.86. The molecule has 0 spiro atoms. The van der Waals surface area contributed by atoms with E-state index in [4.69, 9.17) is 23.2 Å². The molecule has 1 nitrogen and oxygen atoms in total. The van der Waals surface area contributed by atoms with Crippen molar-refractivity contribution >= 4 is 28.9 Å². The van der Waals surface area contributed by atoms with Crippen LogP contribution >= 0.6 is 23.2 Å². The van der Waals surface area contributed by atoms with E-state index in [1.54, 1.807) is 0 Å². The number of anilines is 1. The predicted octanol–water partition coefficient (Wildman–Crippen LogP) is 5.92. The van der Waals surface area contributed by atoms with E-state index < -0.39 is 5.82 Å². The first kappa shape index (κ1) is 15.1. The summed E-state index contributed by atoms with van der Waals surface area (Å²) in [7, 11) is 0. The molecule has 0 aliphatic rings. The molecule has 0 fully saturated rings. The van der Waals surface area contributed by atoms with Gasteiger partial charge in [0.2, 0.25) is 0 Å². The highest BCUT2D eigenvalue weighted by atomic mass is 35.5. The SMILES string of the molecule is Cc1ccc(C(C)Nc2c(Cl)cc(F)cc2Cl)c(C)c1.